The lowest BCUT2D eigenvalue weighted by molar-refractivity contribution is 0.0633. The van der Waals surface area contributed by atoms with Crippen molar-refractivity contribution in [3.8, 4) is 5.75 Å². The predicted octanol–water partition coefficient (Wildman–Crippen LogP) is 3.09. The molecule has 0 spiro atoms. The molecule has 1 aromatic heterocycles. The van der Waals surface area contributed by atoms with Gasteiger partial charge in [0.2, 0.25) is 0 Å². The molecule has 1 fully saturated rings. The van der Waals surface area contributed by atoms with E-state index in [2.05, 4.69) is 4.98 Å². The van der Waals surface area contributed by atoms with Crippen LogP contribution in [-0.4, -0.2) is 35.5 Å². The molecule has 22 heavy (non-hydrogen) atoms. The van der Waals surface area contributed by atoms with Gasteiger partial charge in [-0.25, -0.2) is 4.39 Å². The zero-order valence-electron chi connectivity index (χ0n) is 12.3. The van der Waals surface area contributed by atoms with E-state index in [1.807, 2.05) is 4.90 Å². The molecule has 4 nitrogen and oxygen atoms in total. The van der Waals surface area contributed by atoms with E-state index in [0.29, 0.717) is 30.4 Å². The van der Waals surface area contributed by atoms with Gasteiger partial charge in [0, 0.05) is 31.4 Å². The number of halogens is 1. The normalized spacial score (nSPS) is 18.2. The average Bonchev–Trinajstić information content (AvgIpc) is 3.08. The number of likely N-dealkylation sites (tertiary alicyclic amines) is 1. The third kappa shape index (κ3) is 3.47. The van der Waals surface area contributed by atoms with Crippen molar-refractivity contribution in [1.29, 1.82) is 0 Å². The molecule has 116 valence electrons. The number of carbonyl (C=O) groups is 1. The second-order valence-electron chi connectivity index (χ2n) is 5.62. The van der Waals surface area contributed by atoms with Crippen molar-refractivity contribution in [2.45, 2.75) is 12.8 Å². The van der Waals surface area contributed by atoms with Crippen LogP contribution in [0, 0.1) is 11.7 Å². The summed E-state index contributed by atoms with van der Waals surface area (Å²) >= 11 is 0. The van der Waals surface area contributed by atoms with Crippen molar-refractivity contribution in [3.63, 3.8) is 0 Å². The van der Waals surface area contributed by atoms with E-state index in [0.717, 1.165) is 19.4 Å². The van der Waals surface area contributed by atoms with Crippen LogP contribution in [0.4, 0.5) is 4.39 Å². The van der Waals surface area contributed by atoms with Gasteiger partial charge in [0.25, 0.3) is 5.91 Å². The standard InChI is InChI=1S/C17H19FN2O2/c18-15-3-5-16(6-4-15)22-12-13-2-1-9-20(11-13)17(21)14-7-8-19-10-14/h3-8,10,13,19H,1-2,9,11-12H2/t13-/m0/s1. The number of H-pyrrole nitrogens is 1. The number of benzene rings is 1. The molecular weight excluding hydrogens is 283 g/mol. The highest BCUT2D eigenvalue weighted by Crippen LogP contribution is 2.20. The van der Waals surface area contributed by atoms with Crippen LogP contribution in [0.15, 0.2) is 42.7 Å². The van der Waals surface area contributed by atoms with E-state index < -0.39 is 0 Å². The zero-order valence-corrected chi connectivity index (χ0v) is 12.3. The molecule has 2 heterocycles. The van der Waals surface area contributed by atoms with Gasteiger partial charge in [-0.15, -0.1) is 0 Å². The van der Waals surface area contributed by atoms with Crippen molar-refractivity contribution in [3.05, 3.63) is 54.1 Å². The topological polar surface area (TPSA) is 45.3 Å². The Morgan fingerprint density at radius 2 is 2.14 bits per heavy atom. The molecule has 1 amide bonds. The predicted molar refractivity (Wildman–Crippen MR) is 81.3 cm³/mol. The van der Waals surface area contributed by atoms with E-state index in [9.17, 15) is 9.18 Å². The summed E-state index contributed by atoms with van der Waals surface area (Å²) in [5.41, 5.74) is 0.695. The Morgan fingerprint density at radius 3 is 2.86 bits per heavy atom. The number of ether oxygens (including phenoxy) is 1. The lowest BCUT2D eigenvalue weighted by Gasteiger charge is -2.32. The quantitative estimate of drug-likeness (QED) is 0.943. The smallest absolute Gasteiger partial charge is 0.255 e. The van der Waals surface area contributed by atoms with Gasteiger partial charge in [0.15, 0.2) is 0 Å². The number of nitrogens with one attached hydrogen (secondary N) is 1. The fraction of sp³-hybridized carbons (Fsp3) is 0.353. The first-order chi connectivity index (χ1) is 10.7. The third-order valence-electron chi connectivity index (χ3n) is 3.95. The van der Waals surface area contributed by atoms with Crippen molar-refractivity contribution < 1.29 is 13.9 Å². The minimum atomic E-state index is -0.270. The van der Waals surface area contributed by atoms with Gasteiger partial charge in [-0.05, 0) is 43.2 Å². The summed E-state index contributed by atoms with van der Waals surface area (Å²) in [7, 11) is 0. The second kappa shape index (κ2) is 6.64. The van der Waals surface area contributed by atoms with E-state index in [-0.39, 0.29) is 11.7 Å². The summed E-state index contributed by atoms with van der Waals surface area (Å²) in [4.78, 5) is 17.1. The van der Waals surface area contributed by atoms with E-state index in [1.165, 1.54) is 12.1 Å². The maximum absolute atomic E-state index is 12.9. The molecule has 0 unspecified atom stereocenters. The number of amides is 1. The third-order valence-corrected chi connectivity index (χ3v) is 3.95. The number of aromatic amines is 1. The number of hydrogen-bond donors (Lipinski definition) is 1. The van der Waals surface area contributed by atoms with Crippen LogP contribution in [0.2, 0.25) is 0 Å². The molecule has 1 saturated heterocycles. The Morgan fingerprint density at radius 1 is 1.32 bits per heavy atom. The van der Waals surface area contributed by atoms with Crippen molar-refractivity contribution in [2.75, 3.05) is 19.7 Å². The number of nitrogens with zero attached hydrogens (tertiary/aromatic N) is 1. The number of aromatic nitrogens is 1. The molecule has 1 aromatic carbocycles. The van der Waals surface area contributed by atoms with Crippen LogP contribution in [0.25, 0.3) is 0 Å². The molecule has 0 radical (unpaired) electrons. The fourth-order valence-electron chi connectivity index (χ4n) is 2.77. The summed E-state index contributed by atoms with van der Waals surface area (Å²) in [6.07, 6.45) is 5.50. The molecule has 0 saturated carbocycles. The molecular formula is C17H19FN2O2. The average molecular weight is 302 g/mol. The van der Waals surface area contributed by atoms with Crippen molar-refractivity contribution >= 4 is 5.91 Å². The lowest BCUT2D eigenvalue weighted by atomic mass is 9.98. The Hall–Kier alpha value is -2.30. The first-order valence-corrected chi connectivity index (χ1v) is 7.53. The van der Waals surface area contributed by atoms with Crippen LogP contribution in [0.5, 0.6) is 5.75 Å². The summed E-state index contributed by atoms with van der Waals surface area (Å²) < 4.78 is 18.6. The highest BCUT2D eigenvalue weighted by atomic mass is 19.1. The Kier molecular flexibility index (Phi) is 4.42. The first kappa shape index (κ1) is 14.6. The summed E-state index contributed by atoms with van der Waals surface area (Å²) in [5.74, 6) is 0.762. The van der Waals surface area contributed by atoms with Crippen LogP contribution >= 0.6 is 0 Å². The summed E-state index contributed by atoms with van der Waals surface area (Å²) in [6.45, 7) is 2.03. The molecule has 5 heteroatoms. The van der Waals surface area contributed by atoms with Crippen molar-refractivity contribution in [1.82, 2.24) is 9.88 Å². The Labute approximate surface area is 128 Å². The molecule has 1 atom stereocenters. The maximum Gasteiger partial charge on any atom is 0.255 e. The minimum Gasteiger partial charge on any atom is -0.493 e. The van der Waals surface area contributed by atoms with Gasteiger partial charge in [0.05, 0.1) is 12.2 Å². The number of rotatable bonds is 4. The van der Waals surface area contributed by atoms with Crippen molar-refractivity contribution in [2.24, 2.45) is 5.92 Å². The number of hydrogen-bond acceptors (Lipinski definition) is 2. The second-order valence-corrected chi connectivity index (χ2v) is 5.62. The van der Waals surface area contributed by atoms with E-state index in [4.69, 9.17) is 4.74 Å². The monoisotopic (exact) mass is 302 g/mol. The van der Waals surface area contributed by atoms with Crippen LogP contribution < -0.4 is 4.74 Å². The molecule has 1 N–H and O–H groups in total. The SMILES string of the molecule is O=C(c1cc[nH]c1)N1CCC[C@H](COc2ccc(F)cc2)C1. The molecule has 1 aliphatic heterocycles. The maximum atomic E-state index is 12.9. The van der Waals surface area contributed by atoms with Gasteiger partial charge in [0.1, 0.15) is 11.6 Å². The van der Waals surface area contributed by atoms with Gasteiger partial charge < -0.3 is 14.6 Å². The van der Waals surface area contributed by atoms with Crippen LogP contribution in [0.1, 0.15) is 23.2 Å². The summed E-state index contributed by atoms with van der Waals surface area (Å²) in [6, 6.07) is 7.82. The molecule has 3 rings (SSSR count). The van der Waals surface area contributed by atoms with E-state index >= 15 is 0 Å². The van der Waals surface area contributed by atoms with Gasteiger partial charge >= 0.3 is 0 Å². The Bertz CT molecular complexity index is 610. The molecule has 0 aliphatic carbocycles. The van der Waals surface area contributed by atoms with E-state index in [1.54, 1.807) is 30.6 Å². The lowest BCUT2D eigenvalue weighted by Crippen LogP contribution is -2.41. The van der Waals surface area contributed by atoms with Gasteiger partial charge in [-0.2, -0.15) is 0 Å². The van der Waals surface area contributed by atoms with Gasteiger partial charge in [-0.1, -0.05) is 0 Å². The molecule has 1 aliphatic rings. The minimum absolute atomic E-state index is 0.0627. The fourth-order valence-corrected chi connectivity index (χ4v) is 2.77. The number of piperidine rings is 1. The van der Waals surface area contributed by atoms with Crippen LogP contribution in [-0.2, 0) is 0 Å². The zero-order chi connectivity index (χ0) is 15.4. The van der Waals surface area contributed by atoms with Gasteiger partial charge in [-0.3, -0.25) is 4.79 Å². The molecule has 2 aromatic rings. The largest absolute Gasteiger partial charge is 0.493 e. The molecule has 0 bridgehead atoms. The highest BCUT2D eigenvalue weighted by molar-refractivity contribution is 5.94. The Balaban J connectivity index is 1.54. The number of carbonyl (C=O) groups excluding carboxylic acids is 1. The van der Waals surface area contributed by atoms with Crippen LogP contribution in [0.3, 0.4) is 0 Å². The summed E-state index contributed by atoms with van der Waals surface area (Å²) in [5, 5.41) is 0. The first-order valence-electron chi connectivity index (χ1n) is 7.53. The highest BCUT2D eigenvalue weighted by Gasteiger charge is 2.25.